The average Bonchev–Trinajstić information content (AvgIpc) is 2.58. The molecule has 3 rings (SSSR count). The Kier molecular flexibility index (Phi) is 8.77. The highest BCUT2D eigenvalue weighted by molar-refractivity contribution is 5.85. The van der Waals surface area contributed by atoms with Gasteiger partial charge in [0.25, 0.3) is 0 Å². The number of ether oxygens (including phenoxy) is 1. The molecule has 9 heteroatoms. The van der Waals surface area contributed by atoms with E-state index < -0.39 is 29.2 Å². The standard InChI is InChI=1S/C16H21F3N2O2.2ClH/c17-11-9-12(22)13(15(19)14(11)18)16(10-1-7-23-8-2-10)21-5-3-20-4-6-21;;/h9-10,16,20,22H,1-8H2;2*1H/t16-;;/m0../s1. The zero-order chi connectivity index (χ0) is 16.4. The van der Waals surface area contributed by atoms with Gasteiger partial charge in [0.05, 0.1) is 5.56 Å². The Balaban J connectivity index is 0.00000156. The van der Waals surface area contributed by atoms with E-state index in [1.807, 2.05) is 4.90 Å². The smallest absolute Gasteiger partial charge is 0.195 e. The largest absolute Gasteiger partial charge is 0.507 e. The fourth-order valence-corrected chi connectivity index (χ4v) is 3.59. The van der Waals surface area contributed by atoms with Crippen molar-refractivity contribution in [2.75, 3.05) is 39.4 Å². The fourth-order valence-electron chi connectivity index (χ4n) is 3.59. The number of piperazine rings is 1. The molecule has 2 saturated heterocycles. The van der Waals surface area contributed by atoms with Crippen LogP contribution in [0.2, 0.25) is 0 Å². The molecule has 0 spiro atoms. The minimum Gasteiger partial charge on any atom is -0.507 e. The Bertz CT molecular complexity index is 551. The van der Waals surface area contributed by atoms with Crippen LogP contribution in [0.4, 0.5) is 13.2 Å². The number of hydrogen-bond donors (Lipinski definition) is 2. The summed E-state index contributed by atoms with van der Waals surface area (Å²) in [6.45, 7) is 3.93. The number of phenolic OH excluding ortho intramolecular Hbond substituents is 1. The first-order valence-corrected chi connectivity index (χ1v) is 7.98. The second-order valence-electron chi connectivity index (χ2n) is 6.10. The normalized spacial score (nSPS) is 20.4. The molecule has 1 aromatic rings. The Labute approximate surface area is 157 Å². The van der Waals surface area contributed by atoms with Gasteiger partial charge in [0.15, 0.2) is 17.5 Å². The monoisotopic (exact) mass is 402 g/mol. The van der Waals surface area contributed by atoms with Crippen molar-refractivity contribution >= 4 is 24.8 Å². The lowest BCUT2D eigenvalue weighted by atomic mass is 9.84. The maximum atomic E-state index is 14.4. The highest BCUT2D eigenvalue weighted by atomic mass is 35.5. The first kappa shape index (κ1) is 22.3. The lowest BCUT2D eigenvalue weighted by Crippen LogP contribution is -2.47. The van der Waals surface area contributed by atoms with Crippen molar-refractivity contribution in [1.29, 1.82) is 0 Å². The lowest BCUT2D eigenvalue weighted by molar-refractivity contribution is 0.0193. The summed E-state index contributed by atoms with van der Waals surface area (Å²) in [5.41, 5.74) is -0.127. The SMILES string of the molecule is Cl.Cl.Oc1cc(F)c(F)c(F)c1[C@H](C1CCOCC1)N1CCNCC1. The van der Waals surface area contributed by atoms with Crippen LogP contribution in [0.25, 0.3) is 0 Å². The minimum atomic E-state index is -1.52. The predicted octanol–water partition coefficient (Wildman–Crippen LogP) is 3.03. The molecule has 25 heavy (non-hydrogen) atoms. The molecule has 2 aliphatic rings. The Morgan fingerprint density at radius 1 is 1.08 bits per heavy atom. The van der Waals surface area contributed by atoms with Gasteiger partial charge in [-0.2, -0.15) is 0 Å². The molecule has 0 radical (unpaired) electrons. The van der Waals surface area contributed by atoms with Crippen molar-refractivity contribution in [1.82, 2.24) is 10.2 Å². The van der Waals surface area contributed by atoms with Crippen LogP contribution in [0.5, 0.6) is 5.75 Å². The van der Waals surface area contributed by atoms with Gasteiger partial charge in [-0.3, -0.25) is 4.90 Å². The van der Waals surface area contributed by atoms with Crippen molar-refractivity contribution in [2.45, 2.75) is 18.9 Å². The maximum Gasteiger partial charge on any atom is 0.195 e. The van der Waals surface area contributed by atoms with Crippen molar-refractivity contribution in [3.8, 4) is 5.75 Å². The molecule has 1 aromatic carbocycles. The van der Waals surface area contributed by atoms with Crippen LogP contribution in [0.1, 0.15) is 24.4 Å². The van der Waals surface area contributed by atoms with Crippen LogP contribution in [-0.4, -0.2) is 49.4 Å². The highest BCUT2D eigenvalue weighted by Crippen LogP contribution is 2.41. The molecule has 0 bridgehead atoms. The number of aromatic hydroxyl groups is 1. The molecular formula is C16H23Cl2F3N2O2. The molecule has 4 nitrogen and oxygen atoms in total. The maximum absolute atomic E-state index is 14.4. The third-order valence-corrected chi connectivity index (χ3v) is 4.73. The summed E-state index contributed by atoms with van der Waals surface area (Å²) in [5.74, 6) is -4.65. The number of halogens is 5. The van der Waals surface area contributed by atoms with Crippen molar-refractivity contribution < 1.29 is 23.0 Å². The van der Waals surface area contributed by atoms with Gasteiger partial charge in [-0.1, -0.05) is 0 Å². The van der Waals surface area contributed by atoms with Gasteiger partial charge in [-0.15, -0.1) is 24.8 Å². The first-order chi connectivity index (χ1) is 11.1. The minimum absolute atomic E-state index is 0. The summed E-state index contributed by atoms with van der Waals surface area (Å²) >= 11 is 0. The Morgan fingerprint density at radius 2 is 1.68 bits per heavy atom. The van der Waals surface area contributed by atoms with Crippen LogP contribution >= 0.6 is 24.8 Å². The zero-order valence-corrected chi connectivity index (χ0v) is 15.3. The summed E-state index contributed by atoms with van der Waals surface area (Å²) < 4.78 is 46.9. The van der Waals surface area contributed by atoms with E-state index in [0.29, 0.717) is 45.2 Å². The number of rotatable bonds is 3. The highest BCUT2D eigenvalue weighted by Gasteiger charge is 2.36. The van der Waals surface area contributed by atoms with Crippen molar-refractivity contribution in [3.63, 3.8) is 0 Å². The summed E-state index contributed by atoms with van der Waals surface area (Å²) in [6.07, 6.45) is 1.40. The number of nitrogens with zero attached hydrogens (tertiary/aromatic N) is 1. The first-order valence-electron chi connectivity index (χ1n) is 7.98. The van der Waals surface area contributed by atoms with Gasteiger partial charge in [0.1, 0.15) is 5.75 Å². The van der Waals surface area contributed by atoms with Crippen LogP contribution in [0.3, 0.4) is 0 Å². The van der Waals surface area contributed by atoms with E-state index in [4.69, 9.17) is 4.74 Å². The van der Waals surface area contributed by atoms with Crippen molar-refractivity contribution in [2.24, 2.45) is 5.92 Å². The lowest BCUT2D eigenvalue weighted by Gasteiger charge is -2.41. The van der Waals surface area contributed by atoms with Gasteiger partial charge >= 0.3 is 0 Å². The molecule has 2 N–H and O–H groups in total. The third-order valence-electron chi connectivity index (χ3n) is 4.73. The van der Waals surface area contributed by atoms with Gasteiger partial charge in [0.2, 0.25) is 0 Å². The van der Waals surface area contributed by atoms with E-state index in [2.05, 4.69) is 5.32 Å². The van der Waals surface area contributed by atoms with Gasteiger partial charge < -0.3 is 15.2 Å². The van der Waals surface area contributed by atoms with Gasteiger partial charge in [-0.05, 0) is 18.8 Å². The topological polar surface area (TPSA) is 44.7 Å². The number of phenols is 1. The van der Waals surface area contributed by atoms with E-state index in [-0.39, 0.29) is 36.3 Å². The van der Waals surface area contributed by atoms with E-state index in [1.165, 1.54) is 0 Å². The Hall–Kier alpha value is -0.730. The second-order valence-corrected chi connectivity index (χ2v) is 6.10. The fraction of sp³-hybridized carbons (Fsp3) is 0.625. The van der Waals surface area contributed by atoms with Crippen LogP contribution in [0.15, 0.2) is 6.07 Å². The molecule has 1 atom stereocenters. The molecule has 0 amide bonds. The van der Waals surface area contributed by atoms with Gasteiger partial charge in [0, 0.05) is 51.5 Å². The molecule has 0 aromatic heterocycles. The quantitative estimate of drug-likeness (QED) is 0.762. The van der Waals surface area contributed by atoms with E-state index in [1.54, 1.807) is 0 Å². The molecule has 0 unspecified atom stereocenters. The molecule has 2 aliphatic heterocycles. The summed E-state index contributed by atoms with van der Waals surface area (Å²) in [6, 6.07) is 0.193. The van der Waals surface area contributed by atoms with Crippen LogP contribution in [0, 0.1) is 23.4 Å². The van der Waals surface area contributed by atoms with E-state index in [0.717, 1.165) is 13.1 Å². The van der Waals surface area contributed by atoms with Crippen LogP contribution < -0.4 is 5.32 Å². The Morgan fingerprint density at radius 3 is 2.28 bits per heavy atom. The molecule has 0 saturated carbocycles. The van der Waals surface area contributed by atoms with Crippen LogP contribution in [-0.2, 0) is 4.74 Å². The summed E-state index contributed by atoms with van der Waals surface area (Å²) in [4.78, 5) is 2.04. The van der Waals surface area contributed by atoms with E-state index >= 15 is 0 Å². The number of nitrogens with one attached hydrogen (secondary N) is 1. The van der Waals surface area contributed by atoms with Crippen molar-refractivity contribution in [3.05, 3.63) is 29.1 Å². The number of hydrogen-bond acceptors (Lipinski definition) is 4. The number of benzene rings is 1. The molecule has 2 heterocycles. The molecule has 144 valence electrons. The second kappa shape index (κ2) is 9.83. The predicted molar refractivity (Wildman–Crippen MR) is 93.2 cm³/mol. The zero-order valence-electron chi connectivity index (χ0n) is 13.6. The van der Waals surface area contributed by atoms with Gasteiger partial charge in [-0.25, -0.2) is 13.2 Å². The summed E-state index contributed by atoms with van der Waals surface area (Å²) in [5, 5.41) is 13.3. The average molecular weight is 403 g/mol. The molecule has 0 aliphatic carbocycles. The molecule has 2 fully saturated rings. The summed E-state index contributed by atoms with van der Waals surface area (Å²) in [7, 11) is 0. The van der Waals surface area contributed by atoms with E-state index in [9.17, 15) is 18.3 Å². The third kappa shape index (κ3) is 4.71. The molecular weight excluding hydrogens is 380 g/mol.